The maximum atomic E-state index is 12.1. The van der Waals surface area contributed by atoms with E-state index in [4.69, 9.17) is 4.74 Å². The van der Waals surface area contributed by atoms with Crippen molar-refractivity contribution in [2.75, 3.05) is 20.6 Å². The van der Waals surface area contributed by atoms with Crippen LogP contribution in [0.5, 0.6) is 5.75 Å². The van der Waals surface area contributed by atoms with Crippen molar-refractivity contribution in [1.82, 2.24) is 4.90 Å². The van der Waals surface area contributed by atoms with Crippen molar-refractivity contribution in [1.29, 1.82) is 0 Å². The summed E-state index contributed by atoms with van der Waals surface area (Å²) in [5.41, 5.74) is 5.73. The second kappa shape index (κ2) is 12.3. The predicted molar refractivity (Wildman–Crippen MR) is 111 cm³/mol. The highest BCUT2D eigenvalue weighted by molar-refractivity contribution is 5.91. The van der Waals surface area contributed by atoms with Crippen LogP contribution >= 0.6 is 0 Å². The van der Waals surface area contributed by atoms with Crippen molar-refractivity contribution >= 4 is 17.8 Å². The maximum Gasteiger partial charge on any atom is 0.343 e. The molecule has 29 heavy (non-hydrogen) atoms. The van der Waals surface area contributed by atoms with Crippen LogP contribution in [0.25, 0.3) is 0 Å². The number of hydrogen-bond acceptors (Lipinski definition) is 5. The Morgan fingerprint density at radius 3 is 2.21 bits per heavy atom. The van der Waals surface area contributed by atoms with Crippen molar-refractivity contribution in [3.63, 3.8) is 0 Å². The molecule has 0 saturated carbocycles. The molecule has 0 radical (unpaired) electrons. The molecule has 2 rings (SSSR count). The van der Waals surface area contributed by atoms with Gasteiger partial charge in [0.2, 0.25) is 5.91 Å². The molecule has 3 N–H and O–H groups in total. The monoisotopic (exact) mass is 400 g/mol. The molecule has 7 nitrogen and oxygen atoms in total. The molecule has 1 atom stereocenters. The van der Waals surface area contributed by atoms with Crippen LogP contribution in [0.4, 0.5) is 0 Å². The van der Waals surface area contributed by atoms with Crippen LogP contribution in [-0.2, 0) is 9.59 Å². The number of nitrogens with two attached hydrogens (primary N) is 1. The minimum atomic E-state index is -0.886. The number of carbonyl (C=O) groups is 3. The van der Waals surface area contributed by atoms with Gasteiger partial charge in [0.15, 0.2) is 0 Å². The van der Waals surface area contributed by atoms with E-state index >= 15 is 0 Å². The van der Waals surface area contributed by atoms with Gasteiger partial charge in [0.25, 0.3) is 0 Å². The summed E-state index contributed by atoms with van der Waals surface area (Å²) in [6.45, 7) is 2.38. The average Bonchev–Trinajstić information content (AvgIpc) is 2.69. The third-order valence-corrected chi connectivity index (χ3v) is 3.99. The van der Waals surface area contributed by atoms with Gasteiger partial charge in [-0.1, -0.05) is 37.3 Å². The summed E-state index contributed by atoms with van der Waals surface area (Å²) in [4.78, 5) is 35.2. The van der Waals surface area contributed by atoms with Gasteiger partial charge in [-0.25, -0.2) is 4.79 Å². The van der Waals surface area contributed by atoms with Crippen LogP contribution in [0.3, 0.4) is 0 Å². The van der Waals surface area contributed by atoms with E-state index in [-0.39, 0.29) is 5.91 Å². The lowest BCUT2D eigenvalue weighted by Crippen LogP contribution is -2.20. The molecule has 0 heterocycles. The van der Waals surface area contributed by atoms with Gasteiger partial charge in [-0.05, 0) is 56.9 Å². The Labute approximate surface area is 171 Å². The molecular formula is C22H28N2O5. The number of carbonyl (C=O) groups excluding carboxylic acids is 2. The van der Waals surface area contributed by atoms with Gasteiger partial charge < -0.3 is 20.5 Å². The largest absolute Gasteiger partial charge is 0.481 e. The molecule has 2 aromatic rings. The zero-order valence-corrected chi connectivity index (χ0v) is 17.0. The van der Waals surface area contributed by atoms with E-state index in [1.807, 2.05) is 25.1 Å². The molecule has 2 aromatic carbocycles. The molecule has 7 heteroatoms. The van der Waals surface area contributed by atoms with E-state index < -0.39 is 17.9 Å². The molecule has 1 unspecified atom stereocenters. The Balaban J connectivity index is 0.000000749. The third-order valence-electron chi connectivity index (χ3n) is 3.99. The second-order valence-corrected chi connectivity index (χ2v) is 6.63. The van der Waals surface area contributed by atoms with Gasteiger partial charge in [0.1, 0.15) is 5.75 Å². The molecule has 0 fully saturated rings. The molecule has 0 aliphatic heterocycles. The number of esters is 1. The molecule has 0 saturated heterocycles. The van der Waals surface area contributed by atoms with Crippen molar-refractivity contribution in [2.24, 2.45) is 5.73 Å². The summed E-state index contributed by atoms with van der Waals surface area (Å²) in [7, 11) is 3.80. The van der Waals surface area contributed by atoms with Crippen LogP contribution in [0, 0.1) is 0 Å². The molecule has 0 aromatic heterocycles. The lowest BCUT2D eigenvalue weighted by molar-refractivity contribution is -0.139. The maximum absolute atomic E-state index is 12.1. The Hall–Kier alpha value is -3.19. The number of nitrogens with zero attached hydrogens (tertiary/aromatic N) is 1. The van der Waals surface area contributed by atoms with Crippen LogP contribution < -0.4 is 10.5 Å². The highest BCUT2D eigenvalue weighted by Crippen LogP contribution is 2.25. The Morgan fingerprint density at radius 1 is 1.07 bits per heavy atom. The van der Waals surface area contributed by atoms with Crippen LogP contribution in [0.1, 0.15) is 41.6 Å². The Kier molecular flexibility index (Phi) is 10.1. The van der Waals surface area contributed by atoms with Crippen molar-refractivity contribution in [2.45, 2.75) is 25.7 Å². The fraction of sp³-hybridized carbons (Fsp3) is 0.318. The van der Waals surface area contributed by atoms with E-state index in [9.17, 15) is 19.5 Å². The lowest BCUT2D eigenvalue weighted by atomic mass is 9.95. The average molecular weight is 400 g/mol. The van der Waals surface area contributed by atoms with Crippen LogP contribution in [-0.4, -0.2) is 48.5 Å². The summed E-state index contributed by atoms with van der Waals surface area (Å²) in [6, 6.07) is 15.4. The molecule has 0 spiro atoms. The van der Waals surface area contributed by atoms with E-state index in [0.717, 1.165) is 0 Å². The number of rotatable bonds is 8. The number of hydrogen-bond donors (Lipinski definition) is 2. The highest BCUT2D eigenvalue weighted by atomic mass is 16.5. The van der Waals surface area contributed by atoms with Gasteiger partial charge in [0, 0.05) is 6.42 Å². The van der Waals surface area contributed by atoms with E-state index in [1.54, 1.807) is 55.5 Å². The fourth-order valence-corrected chi connectivity index (χ4v) is 2.36. The van der Waals surface area contributed by atoms with Crippen molar-refractivity contribution < 1.29 is 24.2 Å². The SMILES string of the molecule is CCC(N)=O.CN(C)CCC(C(=O)O)c1cccc(OC(=O)c2ccccc2)c1. The van der Waals surface area contributed by atoms with Gasteiger partial charge in [0.05, 0.1) is 11.5 Å². The van der Waals surface area contributed by atoms with Gasteiger partial charge in [-0.15, -0.1) is 0 Å². The van der Waals surface area contributed by atoms with Gasteiger partial charge >= 0.3 is 11.9 Å². The van der Waals surface area contributed by atoms with E-state index in [0.29, 0.717) is 36.3 Å². The molecule has 0 aliphatic carbocycles. The summed E-state index contributed by atoms with van der Waals surface area (Å²) in [5, 5.41) is 9.46. The number of carboxylic acids is 1. The standard InChI is InChI=1S/C19H21NO4.C3H7NO/c1-20(2)12-11-17(18(21)22)15-9-6-10-16(13-15)24-19(23)14-7-4-3-5-8-14;1-2-3(4)5/h3-10,13,17H,11-12H2,1-2H3,(H,21,22);2H2,1H3,(H2,4,5). The first-order chi connectivity index (χ1) is 13.7. The third kappa shape index (κ3) is 9.03. The Bertz CT molecular complexity index is 806. The first kappa shape index (κ1) is 23.8. The zero-order chi connectivity index (χ0) is 21.8. The first-order valence-electron chi connectivity index (χ1n) is 9.27. The topological polar surface area (TPSA) is 110 Å². The molecular weight excluding hydrogens is 372 g/mol. The van der Waals surface area contributed by atoms with Crippen molar-refractivity contribution in [3.8, 4) is 5.75 Å². The molecule has 156 valence electrons. The van der Waals surface area contributed by atoms with E-state index in [2.05, 4.69) is 5.73 Å². The minimum absolute atomic E-state index is 0.245. The number of primary amides is 1. The zero-order valence-electron chi connectivity index (χ0n) is 17.0. The molecule has 1 amide bonds. The molecule has 0 aliphatic rings. The molecule has 0 bridgehead atoms. The summed E-state index contributed by atoms with van der Waals surface area (Å²) in [6.07, 6.45) is 0.929. The number of benzene rings is 2. The van der Waals surface area contributed by atoms with Crippen LogP contribution in [0.2, 0.25) is 0 Å². The van der Waals surface area contributed by atoms with E-state index in [1.165, 1.54) is 0 Å². The lowest BCUT2D eigenvalue weighted by Gasteiger charge is -2.16. The smallest absolute Gasteiger partial charge is 0.343 e. The van der Waals surface area contributed by atoms with Crippen LogP contribution in [0.15, 0.2) is 54.6 Å². The predicted octanol–water partition coefficient (Wildman–Crippen LogP) is 2.91. The Morgan fingerprint density at radius 2 is 1.69 bits per heavy atom. The van der Waals surface area contributed by atoms with Crippen molar-refractivity contribution in [3.05, 3.63) is 65.7 Å². The summed E-state index contributed by atoms with van der Waals surface area (Å²) < 4.78 is 5.35. The quantitative estimate of drug-likeness (QED) is 0.521. The normalized spacial score (nSPS) is 11.2. The number of carboxylic acid groups (broad SMARTS) is 1. The minimum Gasteiger partial charge on any atom is -0.481 e. The van der Waals surface area contributed by atoms with Gasteiger partial charge in [-0.2, -0.15) is 0 Å². The number of amides is 1. The first-order valence-corrected chi connectivity index (χ1v) is 9.27. The summed E-state index contributed by atoms with van der Waals surface area (Å²) in [5.74, 6) is -1.89. The fourth-order valence-electron chi connectivity index (χ4n) is 2.36. The van der Waals surface area contributed by atoms with Gasteiger partial charge in [-0.3, -0.25) is 9.59 Å². The second-order valence-electron chi connectivity index (χ2n) is 6.63. The number of aliphatic carboxylic acids is 1. The highest BCUT2D eigenvalue weighted by Gasteiger charge is 2.20. The number of ether oxygens (including phenoxy) is 1. The summed E-state index contributed by atoms with van der Waals surface area (Å²) >= 11 is 0.